The fourth-order valence-corrected chi connectivity index (χ4v) is 2.35. The molecule has 0 radical (unpaired) electrons. The fourth-order valence-electron chi connectivity index (χ4n) is 1.56. The van der Waals surface area contributed by atoms with Gasteiger partial charge in [0.25, 0.3) is 0 Å². The van der Waals surface area contributed by atoms with Crippen molar-refractivity contribution in [3.05, 3.63) is 23.8 Å². The van der Waals surface area contributed by atoms with Crippen molar-refractivity contribution in [2.24, 2.45) is 0 Å². The van der Waals surface area contributed by atoms with Crippen LogP contribution in [0.1, 0.15) is 31.1 Å². The van der Waals surface area contributed by atoms with Crippen LogP contribution in [0.15, 0.2) is 18.2 Å². The van der Waals surface area contributed by atoms with Crippen LogP contribution in [0.4, 0.5) is 5.69 Å². The number of benzene rings is 1. The van der Waals surface area contributed by atoms with Crippen molar-refractivity contribution in [1.29, 1.82) is 0 Å². The summed E-state index contributed by atoms with van der Waals surface area (Å²) < 4.78 is 33.5. The maximum atomic E-state index is 11.9. The van der Waals surface area contributed by atoms with Crippen LogP contribution in [0, 0.1) is 0 Å². The zero-order chi connectivity index (χ0) is 16.0. The second kappa shape index (κ2) is 7.31. The van der Waals surface area contributed by atoms with Crippen molar-refractivity contribution in [3.63, 3.8) is 0 Å². The summed E-state index contributed by atoms with van der Waals surface area (Å²) in [7, 11) is -3.23. The molecular formula is C14H21NO5S. The molecule has 0 atom stereocenters. The third kappa shape index (κ3) is 5.26. The molecule has 2 N–H and O–H groups in total. The van der Waals surface area contributed by atoms with Crippen molar-refractivity contribution >= 4 is 21.5 Å². The van der Waals surface area contributed by atoms with Gasteiger partial charge in [0.2, 0.25) is 0 Å². The predicted molar refractivity (Wildman–Crippen MR) is 81.2 cm³/mol. The molecule has 0 aliphatic heterocycles. The minimum atomic E-state index is -3.23. The molecule has 1 rings (SSSR count). The summed E-state index contributed by atoms with van der Waals surface area (Å²) in [6, 6.07) is 4.57. The van der Waals surface area contributed by atoms with Gasteiger partial charge in [0.1, 0.15) is 12.4 Å². The zero-order valence-electron chi connectivity index (χ0n) is 12.5. The molecule has 6 nitrogen and oxygen atoms in total. The molecule has 0 unspecified atom stereocenters. The average molecular weight is 315 g/mol. The van der Waals surface area contributed by atoms with Crippen molar-refractivity contribution in [2.75, 3.05) is 24.7 Å². The first-order valence-electron chi connectivity index (χ1n) is 6.68. The van der Waals surface area contributed by atoms with Crippen molar-refractivity contribution in [1.82, 2.24) is 0 Å². The van der Waals surface area contributed by atoms with Crippen LogP contribution in [0.5, 0.6) is 5.75 Å². The van der Waals surface area contributed by atoms with E-state index in [0.29, 0.717) is 18.0 Å². The molecule has 7 heteroatoms. The van der Waals surface area contributed by atoms with Gasteiger partial charge in [0, 0.05) is 11.8 Å². The number of nitrogens with two attached hydrogens (primary N) is 1. The van der Waals surface area contributed by atoms with Gasteiger partial charge >= 0.3 is 5.97 Å². The molecule has 1 aromatic rings. The highest BCUT2D eigenvalue weighted by Crippen LogP contribution is 2.19. The number of nitrogen functional groups attached to an aromatic ring is 1. The molecule has 0 heterocycles. The Labute approximate surface area is 125 Å². The van der Waals surface area contributed by atoms with E-state index in [0.717, 1.165) is 0 Å². The third-order valence-electron chi connectivity index (χ3n) is 2.79. The van der Waals surface area contributed by atoms with Crippen LogP contribution in [0.2, 0.25) is 0 Å². The zero-order valence-corrected chi connectivity index (χ0v) is 13.3. The monoisotopic (exact) mass is 315 g/mol. The summed E-state index contributed by atoms with van der Waals surface area (Å²) in [5, 5.41) is -0.492. The van der Waals surface area contributed by atoms with Gasteiger partial charge in [-0.1, -0.05) is 0 Å². The van der Waals surface area contributed by atoms with Gasteiger partial charge in [0.15, 0.2) is 9.84 Å². The third-order valence-corrected chi connectivity index (χ3v) is 4.97. The van der Waals surface area contributed by atoms with E-state index < -0.39 is 21.1 Å². The van der Waals surface area contributed by atoms with E-state index in [4.69, 9.17) is 15.2 Å². The Morgan fingerprint density at radius 2 is 1.95 bits per heavy atom. The normalized spacial score (nSPS) is 11.4. The molecule has 1 aromatic carbocycles. The number of hydrogen-bond acceptors (Lipinski definition) is 6. The maximum absolute atomic E-state index is 11.9. The van der Waals surface area contributed by atoms with E-state index in [9.17, 15) is 13.2 Å². The Bertz CT molecular complexity index is 595. The maximum Gasteiger partial charge on any atom is 0.338 e. The molecular weight excluding hydrogens is 294 g/mol. The molecule has 0 saturated carbocycles. The van der Waals surface area contributed by atoms with Crippen LogP contribution in [0.3, 0.4) is 0 Å². The number of esters is 1. The van der Waals surface area contributed by atoms with Crippen molar-refractivity contribution in [2.45, 2.75) is 26.0 Å². The summed E-state index contributed by atoms with van der Waals surface area (Å²) in [5.74, 6) is -0.349. The molecule has 0 saturated heterocycles. The molecule has 0 aliphatic rings. The lowest BCUT2D eigenvalue weighted by atomic mass is 10.2. The van der Waals surface area contributed by atoms with Gasteiger partial charge in [-0.25, -0.2) is 13.2 Å². The van der Waals surface area contributed by atoms with Crippen LogP contribution in [-0.4, -0.2) is 38.6 Å². The lowest BCUT2D eigenvalue weighted by Crippen LogP contribution is -2.22. The SMILES string of the molecule is CCOc1cc(N)cc(C(=O)OCCS(=O)(=O)C(C)C)c1. The first-order chi connectivity index (χ1) is 9.76. The first kappa shape index (κ1) is 17.3. The van der Waals surface area contributed by atoms with Gasteiger partial charge in [-0.3, -0.25) is 0 Å². The largest absolute Gasteiger partial charge is 0.494 e. The smallest absolute Gasteiger partial charge is 0.338 e. The summed E-state index contributed by atoms with van der Waals surface area (Å²) >= 11 is 0. The number of rotatable bonds is 7. The van der Waals surface area contributed by atoms with Crippen LogP contribution >= 0.6 is 0 Å². The predicted octanol–water partition coefficient (Wildman–Crippen LogP) is 1.65. The number of carbonyl (C=O) groups excluding carboxylic acids is 1. The Hall–Kier alpha value is -1.76. The number of anilines is 1. The first-order valence-corrected chi connectivity index (χ1v) is 8.40. The topological polar surface area (TPSA) is 95.7 Å². The van der Waals surface area contributed by atoms with E-state index in [-0.39, 0.29) is 17.9 Å². The van der Waals surface area contributed by atoms with Crippen molar-refractivity contribution < 1.29 is 22.7 Å². The van der Waals surface area contributed by atoms with Gasteiger partial charge < -0.3 is 15.2 Å². The summed E-state index contributed by atoms with van der Waals surface area (Å²) in [5.41, 5.74) is 6.30. The highest BCUT2D eigenvalue weighted by atomic mass is 32.2. The lowest BCUT2D eigenvalue weighted by Gasteiger charge is -2.10. The summed E-state index contributed by atoms with van der Waals surface area (Å²) in [6.07, 6.45) is 0. The van der Waals surface area contributed by atoms with Gasteiger partial charge in [-0.2, -0.15) is 0 Å². The second-order valence-corrected chi connectivity index (χ2v) is 7.45. The molecule has 0 fully saturated rings. The minimum absolute atomic E-state index is 0.182. The lowest BCUT2D eigenvalue weighted by molar-refractivity contribution is 0.0528. The molecule has 0 amide bonds. The second-order valence-electron chi connectivity index (χ2n) is 4.78. The van der Waals surface area contributed by atoms with Gasteiger partial charge in [0.05, 0.1) is 23.2 Å². The Kier molecular flexibility index (Phi) is 6.02. The van der Waals surface area contributed by atoms with Gasteiger partial charge in [-0.05, 0) is 32.9 Å². The van der Waals surface area contributed by atoms with Crippen molar-refractivity contribution in [3.8, 4) is 5.75 Å². The molecule has 0 aliphatic carbocycles. The van der Waals surface area contributed by atoms with E-state index in [1.165, 1.54) is 12.1 Å². The number of carbonyl (C=O) groups is 1. The van der Waals surface area contributed by atoms with E-state index in [1.807, 2.05) is 6.92 Å². The summed E-state index contributed by atoms with van der Waals surface area (Å²) in [4.78, 5) is 11.9. The molecule has 0 bridgehead atoms. The fraction of sp³-hybridized carbons (Fsp3) is 0.500. The molecule has 21 heavy (non-hydrogen) atoms. The molecule has 118 valence electrons. The Morgan fingerprint density at radius 3 is 2.52 bits per heavy atom. The average Bonchev–Trinajstić information content (AvgIpc) is 2.37. The molecule has 0 aromatic heterocycles. The number of sulfone groups is 1. The van der Waals surface area contributed by atoms with E-state index in [2.05, 4.69) is 0 Å². The minimum Gasteiger partial charge on any atom is -0.494 e. The number of ether oxygens (including phenoxy) is 2. The highest BCUT2D eigenvalue weighted by molar-refractivity contribution is 7.91. The van der Waals surface area contributed by atoms with Crippen LogP contribution in [-0.2, 0) is 14.6 Å². The highest BCUT2D eigenvalue weighted by Gasteiger charge is 2.17. The standard InChI is InChI=1S/C14H21NO5S/c1-4-19-13-8-11(7-12(15)9-13)14(16)20-5-6-21(17,18)10(2)3/h7-10H,4-6,15H2,1-3H3. The van der Waals surface area contributed by atoms with Crippen LogP contribution < -0.4 is 10.5 Å². The van der Waals surface area contributed by atoms with E-state index in [1.54, 1.807) is 19.9 Å². The summed E-state index contributed by atoms with van der Waals surface area (Å²) in [6.45, 7) is 5.26. The Balaban J connectivity index is 2.68. The van der Waals surface area contributed by atoms with E-state index >= 15 is 0 Å². The molecule has 0 spiro atoms. The quantitative estimate of drug-likeness (QED) is 0.607. The Morgan fingerprint density at radius 1 is 1.29 bits per heavy atom. The van der Waals surface area contributed by atoms with Gasteiger partial charge in [-0.15, -0.1) is 0 Å². The number of hydrogen-bond donors (Lipinski definition) is 1. The van der Waals surface area contributed by atoms with Crippen LogP contribution in [0.25, 0.3) is 0 Å².